The first-order chi connectivity index (χ1) is 3.85. The molecule has 1 N–H and O–H groups in total. The van der Waals surface area contributed by atoms with Crippen LogP contribution in [0.4, 0.5) is 0 Å². The van der Waals surface area contributed by atoms with Crippen molar-refractivity contribution in [2.45, 2.75) is 19.8 Å². The highest BCUT2D eigenvalue weighted by Gasteiger charge is 1.98. The van der Waals surface area contributed by atoms with Gasteiger partial charge in [0.05, 0.1) is 0 Å². The summed E-state index contributed by atoms with van der Waals surface area (Å²) < 4.78 is 0. The third kappa shape index (κ3) is 2.80. The summed E-state index contributed by atoms with van der Waals surface area (Å²) in [4.78, 5) is 0. The fraction of sp³-hybridized carbons (Fsp3) is 0.714. The number of hydrogen-bond acceptors (Lipinski definition) is 1. The minimum absolute atomic E-state index is 0.294. The number of allylic oxidation sites excluding steroid dienone is 1. The zero-order valence-corrected chi connectivity index (χ0v) is 5.43. The van der Waals surface area contributed by atoms with Crippen LogP contribution in [0.15, 0.2) is 12.7 Å². The fourth-order valence-electron chi connectivity index (χ4n) is 0.606. The molecule has 0 rings (SSSR count). The van der Waals surface area contributed by atoms with Crippen LogP contribution in [0, 0.1) is 5.92 Å². The molecule has 0 aliphatic rings. The smallest absolute Gasteiger partial charge is 0.0462 e. The minimum atomic E-state index is 0.294. The van der Waals surface area contributed by atoms with Gasteiger partial charge >= 0.3 is 0 Å². The van der Waals surface area contributed by atoms with Crippen LogP contribution in [0.2, 0.25) is 0 Å². The SMILES string of the molecule is C=CC[C@@H](CC)CO. The minimum Gasteiger partial charge on any atom is -0.396 e. The first kappa shape index (κ1) is 7.70. The van der Waals surface area contributed by atoms with E-state index in [4.69, 9.17) is 5.11 Å². The lowest BCUT2D eigenvalue weighted by atomic mass is 10.0. The molecule has 48 valence electrons. The van der Waals surface area contributed by atoms with Crippen LogP contribution >= 0.6 is 0 Å². The van der Waals surface area contributed by atoms with E-state index in [1.807, 2.05) is 6.08 Å². The summed E-state index contributed by atoms with van der Waals surface area (Å²) in [6, 6.07) is 0. The summed E-state index contributed by atoms with van der Waals surface area (Å²) in [7, 11) is 0. The zero-order valence-electron chi connectivity index (χ0n) is 5.43. The van der Waals surface area contributed by atoms with E-state index in [9.17, 15) is 0 Å². The topological polar surface area (TPSA) is 20.2 Å². The van der Waals surface area contributed by atoms with Crippen molar-refractivity contribution in [1.82, 2.24) is 0 Å². The Morgan fingerprint density at radius 1 is 1.75 bits per heavy atom. The molecule has 0 saturated heterocycles. The second-order valence-electron chi connectivity index (χ2n) is 1.98. The highest BCUT2D eigenvalue weighted by Crippen LogP contribution is 2.05. The van der Waals surface area contributed by atoms with Crippen LogP contribution in [0.3, 0.4) is 0 Å². The van der Waals surface area contributed by atoms with E-state index in [1.54, 1.807) is 0 Å². The molecule has 0 aliphatic carbocycles. The largest absolute Gasteiger partial charge is 0.396 e. The summed E-state index contributed by atoms with van der Waals surface area (Å²) in [6.07, 6.45) is 3.83. The van der Waals surface area contributed by atoms with E-state index in [0.717, 1.165) is 12.8 Å². The molecule has 0 heterocycles. The average molecular weight is 114 g/mol. The van der Waals surface area contributed by atoms with Crippen LogP contribution in [0.25, 0.3) is 0 Å². The Morgan fingerprint density at radius 3 is 2.50 bits per heavy atom. The summed E-state index contributed by atoms with van der Waals surface area (Å²) >= 11 is 0. The van der Waals surface area contributed by atoms with Gasteiger partial charge in [-0.05, 0) is 12.3 Å². The van der Waals surface area contributed by atoms with Gasteiger partial charge in [-0.25, -0.2) is 0 Å². The summed E-state index contributed by atoms with van der Waals surface area (Å²) in [5.41, 5.74) is 0. The number of aliphatic hydroxyl groups is 1. The van der Waals surface area contributed by atoms with Crippen molar-refractivity contribution in [1.29, 1.82) is 0 Å². The average Bonchev–Trinajstić information content (AvgIpc) is 1.83. The van der Waals surface area contributed by atoms with Gasteiger partial charge in [-0.15, -0.1) is 6.58 Å². The van der Waals surface area contributed by atoms with Gasteiger partial charge in [0.15, 0.2) is 0 Å². The number of rotatable bonds is 4. The van der Waals surface area contributed by atoms with Gasteiger partial charge in [-0.1, -0.05) is 19.4 Å². The number of aliphatic hydroxyl groups excluding tert-OH is 1. The highest BCUT2D eigenvalue weighted by molar-refractivity contribution is 4.71. The van der Waals surface area contributed by atoms with E-state index in [0.29, 0.717) is 12.5 Å². The standard InChI is InChI=1S/C7H14O/c1-3-5-7(4-2)6-8/h3,7-8H,1,4-6H2,2H3/t7-/m1/s1. The van der Waals surface area contributed by atoms with Gasteiger partial charge in [0.25, 0.3) is 0 Å². The van der Waals surface area contributed by atoms with Crippen LogP contribution in [-0.2, 0) is 0 Å². The van der Waals surface area contributed by atoms with Crippen molar-refractivity contribution >= 4 is 0 Å². The molecular weight excluding hydrogens is 100 g/mol. The molecule has 0 amide bonds. The Bertz CT molecular complexity index is 55.4. The van der Waals surface area contributed by atoms with E-state index in [2.05, 4.69) is 13.5 Å². The maximum atomic E-state index is 8.61. The monoisotopic (exact) mass is 114 g/mol. The van der Waals surface area contributed by atoms with Gasteiger partial charge in [0.2, 0.25) is 0 Å². The lowest BCUT2D eigenvalue weighted by Gasteiger charge is -2.05. The third-order valence-electron chi connectivity index (χ3n) is 1.34. The Balaban J connectivity index is 3.20. The maximum Gasteiger partial charge on any atom is 0.0462 e. The summed E-state index contributed by atoms with van der Waals surface area (Å²) in [5, 5.41) is 8.61. The van der Waals surface area contributed by atoms with E-state index in [1.165, 1.54) is 0 Å². The van der Waals surface area contributed by atoms with Crippen LogP contribution in [0.1, 0.15) is 19.8 Å². The molecule has 8 heavy (non-hydrogen) atoms. The summed E-state index contributed by atoms with van der Waals surface area (Å²) in [6.45, 7) is 5.95. The second kappa shape index (κ2) is 4.85. The third-order valence-corrected chi connectivity index (χ3v) is 1.34. The molecule has 0 saturated carbocycles. The van der Waals surface area contributed by atoms with Crippen LogP contribution in [-0.4, -0.2) is 11.7 Å². The van der Waals surface area contributed by atoms with Crippen molar-refractivity contribution in [3.8, 4) is 0 Å². The van der Waals surface area contributed by atoms with Crippen molar-refractivity contribution in [2.24, 2.45) is 5.92 Å². The fourth-order valence-corrected chi connectivity index (χ4v) is 0.606. The predicted molar refractivity (Wildman–Crippen MR) is 35.7 cm³/mol. The Labute approximate surface area is 51.0 Å². The van der Waals surface area contributed by atoms with Gasteiger partial charge in [-0.2, -0.15) is 0 Å². The molecule has 0 aliphatic heterocycles. The van der Waals surface area contributed by atoms with Gasteiger partial charge in [0.1, 0.15) is 0 Å². The van der Waals surface area contributed by atoms with Crippen LogP contribution < -0.4 is 0 Å². The maximum absolute atomic E-state index is 8.61. The Morgan fingerprint density at radius 2 is 2.38 bits per heavy atom. The van der Waals surface area contributed by atoms with Crippen LogP contribution in [0.5, 0.6) is 0 Å². The van der Waals surface area contributed by atoms with Gasteiger partial charge in [-0.3, -0.25) is 0 Å². The van der Waals surface area contributed by atoms with Gasteiger partial charge < -0.3 is 5.11 Å². The molecule has 1 nitrogen and oxygen atoms in total. The van der Waals surface area contributed by atoms with E-state index >= 15 is 0 Å². The Kier molecular flexibility index (Phi) is 4.67. The van der Waals surface area contributed by atoms with E-state index < -0.39 is 0 Å². The lowest BCUT2D eigenvalue weighted by molar-refractivity contribution is 0.224. The molecule has 0 radical (unpaired) electrons. The Hall–Kier alpha value is -0.300. The molecule has 0 aromatic rings. The normalized spacial score (nSPS) is 13.2. The van der Waals surface area contributed by atoms with Crippen molar-refractivity contribution in [2.75, 3.05) is 6.61 Å². The molecule has 0 aromatic carbocycles. The molecule has 0 fully saturated rings. The van der Waals surface area contributed by atoms with Gasteiger partial charge in [0, 0.05) is 6.61 Å². The lowest BCUT2D eigenvalue weighted by Crippen LogP contribution is -2.01. The molecular formula is C7H14O. The predicted octanol–water partition coefficient (Wildman–Crippen LogP) is 1.58. The molecule has 0 spiro atoms. The highest BCUT2D eigenvalue weighted by atomic mass is 16.3. The second-order valence-corrected chi connectivity index (χ2v) is 1.98. The molecule has 0 bridgehead atoms. The van der Waals surface area contributed by atoms with Crippen molar-refractivity contribution < 1.29 is 5.11 Å². The first-order valence-electron chi connectivity index (χ1n) is 3.06. The molecule has 1 atom stereocenters. The molecule has 0 aromatic heterocycles. The summed E-state index contributed by atoms with van der Waals surface area (Å²) in [5.74, 6) is 0.437. The number of hydrogen-bond donors (Lipinski definition) is 1. The van der Waals surface area contributed by atoms with Crippen molar-refractivity contribution in [3.63, 3.8) is 0 Å². The molecule has 1 heteroatoms. The van der Waals surface area contributed by atoms with E-state index in [-0.39, 0.29) is 0 Å². The van der Waals surface area contributed by atoms with Crippen molar-refractivity contribution in [3.05, 3.63) is 12.7 Å². The quantitative estimate of drug-likeness (QED) is 0.550. The first-order valence-corrected chi connectivity index (χ1v) is 3.06. The zero-order chi connectivity index (χ0) is 6.41. The molecule has 0 unspecified atom stereocenters.